The van der Waals surface area contributed by atoms with Crippen molar-refractivity contribution in [1.29, 1.82) is 0 Å². The number of aromatic nitrogens is 2. The fourth-order valence-electron chi connectivity index (χ4n) is 3.01. The van der Waals surface area contributed by atoms with Crippen molar-refractivity contribution in [2.24, 2.45) is 7.05 Å². The first-order valence-corrected chi connectivity index (χ1v) is 11.5. The smallest absolute Gasteiger partial charge is 0.274 e. The molecule has 1 aromatic carbocycles. The van der Waals surface area contributed by atoms with Crippen LogP contribution in [0.4, 0.5) is 13.2 Å². The minimum atomic E-state index is -4.67. The average molecular weight is 452 g/mol. The molecule has 3 rings (SSSR count). The van der Waals surface area contributed by atoms with Crippen molar-refractivity contribution in [3.8, 4) is 0 Å². The number of nitrogens with zero attached hydrogens (tertiary/aromatic N) is 4. The van der Waals surface area contributed by atoms with Crippen molar-refractivity contribution in [1.82, 2.24) is 18.4 Å². The number of hydrogen-bond acceptors (Lipinski definition) is 5. The van der Waals surface area contributed by atoms with Crippen LogP contribution in [0.1, 0.15) is 12.0 Å². The minimum Gasteiger partial charge on any atom is -0.274 e. The van der Waals surface area contributed by atoms with Gasteiger partial charge in [0.05, 0.1) is 16.7 Å². The summed E-state index contributed by atoms with van der Waals surface area (Å²) in [6.07, 6.45) is -1.91. The number of halogens is 3. The Bertz CT molecular complexity index is 1100. The molecule has 0 radical (unpaired) electrons. The molecule has 2 aromatic rings. The first kappa shape index (κ1) is 21.7. The third-order valence-electron chi connectivity index (χ3n) is 4.53. The van der Waals surface area contributed by atoms with Gasteiger partial charge in [-0.2, -0.15) is 26.9 Å². The lowest BCUT2D eigenvalue weighted by Crippen LogP contribution is -2.37. The van der Waals surface area contributed by atoms with Gasteiger partial charge in [0.25, 0.3) is 0 Å². The first-order valence-electron chi connectivity index (χ1n) is 8.58. The van der Waals surface area contributed by atoms with E-state index in [1.165, 1.54) is 17.1 Å². The molecule has 13 heteroatoms. The Kier molecular flexibility index (Phi) is 5.77. The van der Waals surface area contributed by atoms with Crippen LogP contribution in [-0.4, -0.2) is 61.4 Å². The Morgan fingerprint density at radius 2 is 1.52 bits per heavy atom. The van der Waals surface area contributed by atoms with E-state index in [2.05, 4.69) is 5.10 Å². The summed E-state index contributed by atoms with van der Waals surface area (Å²) >= 11 is 0. The van der Waals surface area contributed by atoms with Crippen LogP contribution in [0.3, 0.4) is 0 Å². The number of alkyl halides is 3. The average Bonchev–Trinajstić information content (AvgIpc) is 2.93. The first-order chi connectivity index (χ1) is 13.4. The van der Waals surface area contributed by atoms with Crippen molar-refractivity contribution in [3.63, 3.8) is 0 Å². The van der Waals surface area contributed by atoms with Crippen molar-refractivity contribution >= 4 is 20.0 Å². The van der Waals surface area contributed by atoms with Gasteiger partial charge < -0.3 is 0 Å². The Morgan fingerprint density at radius 3 is 2.03 bits per heavy atom. The van der Waals surface area contributed by atoms with Gasteiger partial charge in [-0.05, 0) is 24.6 Å². The van der Waals surface area contributed by atoms with Gasteiger partial charge in [0.2, 0.25) is 20.0 Å². The Morgan fingerprint density at radius 1 is 0.931 bits per heavy atom. The molecule has 0 atom stereocenters. The van der Waals surface area contributed by atoms with Crippen LogP contribution in [-0.2, 0) is 33.3 Å². The van der Waals surface area contributed by atoms with E-state index in [0.29, 0.717) is 6.07 Å². The zero-order valence-electron chi connectivity index (χ0n) is 15.4. The second-order valence-corrected chi connectivity index (χ2v) is 10.4. The number of hydrogen-bond donors (Lipinski definition) is 0. The standard InChI is InChI=1S/C16H19F3N4O4S2/c1-21-12-15(11-20-21)29(26,27)23-7-3-6-22(8-9-23)28(24,25)14-5-2-4-13(10-14)16(17,18)19/h2,4-5,10-12H,3,6-9H2,1H3. The molecule has 0 aliphatic carbocycles. The zero-order chi connectivity index (χ0) is 21.4. The molecule has 8 nitrogen and oxygen atoms in total. The Hall–Kier alpha value is -1.96. The zero-order valence-corrected chi connectivity index (χ0v) is 17.0. The highest BCUT2D eigenvalue weighted by molar-refractivity contribution is 7.89. The fourth-order valence-corrected chi connectivity index (χ4v) is 5.99. The number of aryl methyl sites for hydroxylation is 1. The molecule has 0 amide bonds. The van der Waals surface area contributed by atoms with E-state index in [1.54, 1.807) is 7.05 Å². The molecule has 1 aliphatic heterocycles. The van der Waals surface area contributed by atoms with Gasteiger partial charge in [0.1, 0.15) is 4.90 Å². The summed E-state index contributed by atoms with van der Waals surface area (Å²) < 4.78 is 93.4. The van der Waals surface area contributed by atoms with E-state index in [1.807, 2.05) is 0 Å². The summed E-state index contributed by atoms with van der Waals surface area (Å²) in [6, 6.07) is 3.51. The van der Waals surface area contributed by atoms with Gasteiger partial charge in [-0.25, -0.2) is 16.8 Å². The highest BCUT2D eigenvalue weighted by Gasteiger charge is 2.35. The summed E-state index contributed by atoms with van der Waals surface area (Å²) in [4.78, 5) is -0.481. The summed E-state index contributed by atoms with van der Waals surface area (Å²) in [5.74, 6) is 0. The lowest BCUT2D eigenvalue weighted by atomic mass is 10.2. The maximum Gasteiger partial charge on any atom is 0.416 e. The summed E-state index contributed by atoms with van der Waals surface area (Å²) in [7, 11) is -6.47. The van der Waals surface area contributed by atoms with Crippen LogP contribution in [0, 0.1) is 0 Å². The van der Waals surface area contributed by atoms with Crippen LogP contribution in [0.15, 0.2) is 46.5 Å². The van der Waals surface area contributed by atoms with Gasteiger partial charge in [-0.1, -0.05) is 6.07 Å². The van der Waals surface area contributed by atoms with Crippen molar-refractivity contribution in [2.75, 3.05) is 26.2 Å². The Labute approximate surface area is 166 Å². The largest absolute Gasteiger partial charge is 0.416 e. The normalized spacial score (nSPS) is 17.9. The molecule has 1 fully saturated rings. The maximum atomic E-state index is 12.9. The second kappa shape index (κ2) is 7.70. The highest BCUT2D eigenvalue weighted by Crippen LogP contribution is 2.31. The van der Waals surface area contributed by atoms with Gasteiger partial charge in [0, 0.05) is 39.4 Å². The van der Waals surface area contributed by atoms with Crippen LogP contribution in [0.25, 0.3) is 0 Å². The lowest BCUT2D eigenvalue weighted by molar-refractivity contribution is -0.137. The quantitative estimate of drug-likeness (QED) is 0.702. The minimum absolute atomic E-state index is 0.00234. The van der Waals surface area contributed by atoms with E-state index < -0.39 is 36.7 Å². The molecule has 160 valence electrons. The third kappa shape index (κ3) is 4.47. The molecule has 1 aliphatic rings. The predicted molar refractivity (Wildman–Crippen MR) is 96.8 cm³/mol. The van der Waals surface area contributed by atoms with Crippen molar-refractivity contribution in [2.45, 2.75) is 22.4 Å². The molecule has 0 N–H and O–H groups in total. The van der Waals surface area contributed by atoms with Crippen LogP contribution >= 0.6 is 0 Å². The second-order valence-electron chi connectivity index (χ2n) is 6.54. The SMILES string of the molecule is Cn1cc(S(=O)(=O)N2CCCN(S(=O)(=O)c3cccc(C(F)(F)F)c3)CC2)cn1. The van der Waals surface area contributed by atoms with E-state index in [9.17, 15) is 30.0 Å². The number of sulfonamides is 2. The fraction of sp³-hybridized carbons (Fsp3) is 0.438. The van der Waals surface area contributed by atoms with Crippen molar-refractivity contribution < 1.29 is 30.0 Å². The molecule has 1 aromatic heterocycles. The number of benzene rings is 1. The monoisotopic (exact) mass is 452 g/mol. The third-order valence-corrected chi connectivity index (χ3v) is 8.28. The summed E-state index contributed by atoms with van der Waals surface area (Å²) in [5, 5.41) is 3.84. The molecular formula is C16H19F3N4O4S2. The maximum absolute atomic E-state index is 12.9. The van der Waals surface area contributed by atoms with Crippen LogP contribution < -0.4 is 0 Å². The van der Waals surface area contributed by atoms with E-state index >= 15 is 0 Å². The van der Waals surface area contributed by atoms with Gasteiger partial charge >= 0.3 is 6.18 Å². The molecule has 2 heterocycles. The molecular weight excluding hydrogens is 433 g/mol. The molecule has 0 unspecified atom stereocenters. The van der Waals surface area contributed by atoms with Gasteiger partial charge in [-0.15, -0.1) is 0 Å². The van der Waals surface area contributed by atoms with Crippen LogP contribution in [0.5, 0.6) is 0 Å². The van der Waals surface area contributed by atoms with E-state index in [-0.39, 0.29) is 37.5 Å². The van der Waals surface area contributed by atoms with E-state index in [4.69, 9.17) is 0 Å². The molecule has 0 bridgehead atoms. The van der Waals surface area contributed by atoms with Crippen LogP contribution in [0.2, 0.25) is 0 Å². The molecule has 1 saturated heterocycles. The highest BCUT2D eigenvalue weighted by atomic mass is 32.2. The number of rotatable bonds is 4. The van der Waals surface area contributed by atoms with E-state index in [0.717, 1.165) is 26.8 Å². The summed E-state index contributed by atoms with van der Waals surface area (Å²) in [6.45, 7) is -0.197. The molecule has 0 spiro atoms. The lowest BCUT2D eigenvalue weighted by Gasteiger charge is -2.21. The molecule has 29 heavy (non-hydrogen) atoms. The Balaban J connectivity index is 1.82. The van der Waals surface area contributed by atoms with Gasteiger partial charge in [0.15, 0.2) is 0 Å². The summed E-state index contributed by atoms with van der Waals surface area (Å²) in [5.41, 5.74) is -1.06. The predicted octanol–water partition coefficient (Wildman–Crippen LogP) is 1.52. The molecule has 0 saturated carbocycles. The van der Waals surface area contributed by atoms with Gasteiger partial charge in [-0.3, -0.25) is 4.68 Å². The van der Waals surface area contributed by atoms with Crippen molar-refractivity contribution in [3.05, 3.63) is 42.2 Å². The topological polar surface area (TPSA) is 92.6 Å².